The summed E-state index contributed by atoms with van der Waals surface area (Å²) in [4.78, 5) is 11.8. The van der Waals surface area contributed by atoms with E-state index >= 15 is 0 Å². The van der Waals surface area contributed by atoms with Gasteiger partial charge in [-0.1, -0.05) is 35.9 Å². The molecule has 0 aliphatic rings. The first-order valence-corrected chi connectivity index (χ1v) is 6.86. The van der Waals surface area contributed by atoms with Crippen molar-refractivity contribution in [3.8, 4) is 5.75 Å². The van der Waals surface area contributed by atoms with Gasteiger partial charge >= 0.3 is 0 Å². The molecule has 1 amide bonds. The van der Waals surface area contributed by atoms with E-state index in [2.05, 4.69) is 5.32 Å². The summed E-state index contributed by atoms with van der Waals surface area (Å²) in [6, 6.07) is 13.0. The maximum atomic E-state index is 13.3. The van der Waals surface area contributed by atoms with Crippen LogP contribution in [0.4, 0.5) is 4.39 Å². The fourth-order valence-corrected chi connectivity index (χ4v) is 2.05. The molecule has 0 unspecified atom stereocenters. The van der Waals surface area contributed by atoms with Gasteiger partial charge in [0.2, 0.25) is 0 Å². The molecule has 0 aromatic heterocycles. The summed E-state index contributed by atoms with van der Waals surface area (Å²) >= 11 is 5.91. The number of benzene rings is 2. The van der Waals surface area contributed by atoms with Gasteiger partial charge in [-0.3, -0.25) is 4.79 Å². The molecule has 0 spiro atoms. The van der Waals surface area contributed by atoms with Gasteiger partial charge in [-0.05, 0) is 36.8 Å². The average Bonchev–Trinajstić information content (AvgIpc) is 2.46. The Bertz CT molecular complexity index is 633. The molecule has 3 nitrogen and oxygen atoms in total. The summed E-state index contributed by atoms with van der Waals surface area (Å²) in [6.45, 7) is 1.60. The molecule has 1 atom stereocenters. The first kappa shape index (κ1) is 15.3. The normalized spacial score (nSPS) is 11.8. The topological polar surface area (TPSA) is 38.3 Å². The molecule has 0 aliphatic carbocycles. The Labute approximate surface area is 127 Å². The molecule has 21 heavy (non-hydrogen) atoms. The van der Waals surface area contributed by atoms with Crippen molar-refractivity contribution in [1.82, 2.24) is 5.32 Å². The fourth-order valence-electron chi connectivity index (χ4n) is 1.85. The van der Waals surface area contributed by atoms with Crippen molar-refractivity contribution >= 4 is 17.5 Å². The van der Waals surface area contributed by atoms with Crippen molar-refractivity contribution in [2.75, 3.05) is 6.61 Å². The van der Waals surface area contributed by atoms with Crippen LogP contribution in [0.5, 0.6) is 5.75 Å². The van der Waals surface area contributed by atoms with Crippen LogP contribution in [0.25, 0.3) is 0 Å². The zero-order valence-corrected chi connectivity index (χ0v) is 12.2. The predicted octanol–water partition coefficient (Wildman–Crippen LogP) is 3.74. The van der Waals surface area contributed by atoms with E-state index in [1.165, 1.54) is 12.1 Å². The van der Waals surface area contributed by atoms with Crippen LogP contribution < -0.4 is 10.1 Å². The van der Waals surface area contributed by atoms with Gasteiger partial charge in [-0.2, -0.15) is 0 Å². The first-order chi connectivity index (χ1) is 10.1. The van der Waals surface area contributed by atoms with Crippen molar-refractivity contribution in [2.45, 2.75) is 13.0 Å². The minimum absolute atomic E-state index is 0.0584. The van der Waals surface area contributed by atoms with Crippen molar-refractivity contribution in [2.24, 2.45) is 0 Å². The van der Waals surface area contributed by atoms with Crippen LogP contribution in [0, 0.1) is 5.82 Å². The lowest BCUT2D eigenvalue weighted by molar-refractivity contribution is -0.123. The van der Waals surface area contributed by atoms with E-state index in [-0.39, 0.29) is 24.3 Å². The molecular weight excluding hydrogens is 293 g/mol. The highest BCUT2D eigenvalue weighted by Crippen LogP contribution is 2.18. The van der Waals surface area contributed by atoms with Gasteiger partial charge in [0, 0.05) is 5.02 Å². The van der Waals surface area contributed by atoms with Crippen LogP contribution in [-0.4, -0.2) is 12.5 Å². The molecule has 0 aliphatic heterocycles. The first-order valence-electron chi connectivity index (χ1n) is 6.48. The number of rotatable bonds is 5. The van der Waals surface area contributed by atoms with Crippen LogP contribution in [0.3, 0.4) is 0 Å². The fraction of sp³-hybridized carbons (Fsp3) is 0.188. The summed E-state index contributed by atoms with van der Waals surface area (Å²) in [5, 5.41) is 3.38. The van der Waals surface area contributed by atoms with Gasteiger partial charge in [0.25, 0.3) is 5.91 Å². The van der Waals surface area contributed by atoms with Gasteiger partial charge in [0.15, 0.2) is 18.2 Å². The van der Waals surface area contributed by atoms with Crippen molar-refractivity contribution < 1.29 is 13.9 Å². The van der Waals surface area contributed by atoms with Crippen LogP contribution in [0.1, 0.15) is 18.5 Å². The van der Waals surface area contributed by atoms with Crippen molar-refractivity contribution in [3.63, 3.8) is 0 Å². The number of halogens is 2. The number of hydrogen-bond acceptors (Lipinski definition) is 2. The summed E-state index contributed by atoms with van der Waals surface area (Å²) < 4.78 is 18.5. The molecule has 110 valence electrons. The van der Waals surface area contributed by atoms with E-state index in [1.807, 2.05) is 19.1 Å². The van der Waals surface area contributed by atoms with E-state index in [9.17, 15) is 9.18 Å². The number of carbonyl (C=O) groups is 1. The van der Waals surface area contributed by atoms with E-state index in [4.69, 9.17) is 16.3 Å². The van der Waals surface area contributed by atoms with E-state index in [0.29, 0.717) is 5.02 Å². The van der Waals surface area contributed by atoms with Gasteiger partial charge in [-0.25, -0.2) is 4.39 Å². The average molecular weight is 308 g/mol. The molecule has 0 bridgehead atoms. The Balaban J connectivity index is 1.89. The molecular formula is C16H15ClFNO2. The summed E-state index contributed by atoms with van der Waals surface area (Å²) in [5.74, 6) is -0.762. The van der Waals surface area contributed by atoms with Crippen molar-refractivity contribution in [3.05, 3.63) is 64.9 Å². The number of hydrogen-bond donors (Lipinski definition) is 1. The summed E-state index contributed by atoms with van der Waals surface area (Å²) in [7, 11) is 0. The highest BCUT2D eigenvalue weighted by molar-refractivity contribution is 6.30. The maximum Gasteiger partial charge on any atom is 0.258 e. The lowest BCUT2D eigenvalue weighted by Gasteiger charge is -2.15. The molecule has 0 heterocycles. The lowest BCUT2D eigenvalue weighted by Crippen LogP contribution is -2.31. The third kappa shape index (κ3) is 4.46. The Morgan fingerprint density at radius 3 is 2.76 bits per heavy atom. The Kier molecular flexibility index (Phi) is 5.17. The SMILES string of the molecule is C[C@@H](NC(=O)COc1ccccc1F)c1cccc(Cl)c1. The highest BCUT2D eigenvalue weighted by Gasteiger charge is 2.11. The zero-order chi connectivity index (χ0) is 15.2. The Morgan fingerprint density at radius 2 is 2.05 bits per heavy atom. The number of para-hydroxylation sites is 1. The number of ether oxygens (including phenoxy) is 1. The number of carbonyl (C=O) groups excluding carboxylic acids is 1. The van der Waals surface area contributed by atoms with E-state index in [1.54, 1.807) is 24.3 Å². The molecule has 5 heteroatoms. The lowest BCUT2D eigenvalue weighted by atomic mass is 10.1. The van der Waals surface area contributed by atoms with Crippen molar-refractivity contribution in [1.29, 1.82) is 0 Å². The van der Waals surface area contributed by atoms with Crippen LogP contribution in [-0.2, 0) is 4.79 Å². The second-order valence-corrected chi connectivity index (χ2v) is 5.00. The predicted molar refractivity (Wildman–Crippen MR) is 79.9 cm³/mol. The van der Waals surface area contributed by atoms with Crippen LogP contribution in [0.15, 0.2) is 48.5 Å². The maximum absolute atomic E-state index is 13.3. The zero-order valence-electron chi connectivity index (χ0n) is 11.5. The second kappa shape index (κ2) is 7.09. The highest BCUT2D eigenvalue weighted by atomic mass is 35.5. The van der Waals surface area contributed by atoms with Gasteiger partial charge in [0.05, 0.1) is 6.04 Å². The smallest absolute Gasteiger partial charge is 0.258 e. The summed E-state index contributed by atoms with van der Waals surface area (Å²) in [6.07, 6.45) is 0. The van der Waals surface area contributed by atoms with Crippen LogP contribution in [0.2, 0.25) is 5.02 Å². The van der Waals surface area contributed by atoms with Crippen LogP contribution >= 0.6 is 11.6 Å². The van der Waals surface area contributed by atoms with E-state index < -0.39 is 5.82 Å². The molecule has 0 saturated carbocycles. The third-order valence-electron chi connectivity index (χ3n) is 2.92. The third-order valence-corrected chi connectivity index (χ3v) is 3.16. The molecule has 2 rings (SSSR count). The molecule has 0 fully saturated rings. The quantitative estimate of drug-likeness (QED) is 0.914. The Hall–Kier alpha value is -2.07. The van der Waals surface area contributed by atoms with Gasteiger partial charge in [-0.15, -0.1) is 0 Å². The minimum Gasteiger partial charge on any atom is -0.481 e. The minimum atomic E-state index is -0.492. The van der Waals surface area contributed by atoms with E-state index in [0.717, 1.165) is 5.56 Å². The molecule has 1 N–H and O–H groups in total. The van der Waals surface area contributed by atoms with Gasteiger partial charge < -0.3 is 10.1 Å². The molecule has 2 aromatic rings. The summed E-state index contributed by atoms with van der Waals surface area (Å²) in [5.41, 5.74) is 0.891. The second-order valence-electron chi connectivity index (χ2n) is 4.56. The molecule has 0 saturated heterocycles. The Morgan fingerprint density at radius 1 is 1.29 bits per heavy atom. The molecule has 2 aromatic carbocycles. The standard InChI is InChI=1S/C16H15ClFNO2/c1-11(12-5-4-6-13(17)9-12)19-16(20)10-21-15-8-3-2-7-14(15)18/h2-9,11H,10H2,1H3,(H,19,20)/t11-/m1/s1. The largest absolute Gasteiger partial charge is 0.481 e. The van der Waals surface area contributed by atoms with Gasteiger partial charge in [0.1, 0.15) is 0 Å². The number of amides is 1. The number of nitrogens with one attached hydrogen (secondary N) is 1. The molecule has 0 radical (unpaired) electrons. The monoisotopic (exact) mass is 307 g/mol.